The number of hydrogen-bond acceptors (Lipinski definition) is 6. The predicted molar refractivity (Wildman–Crippen MR) is 138 cm³/mol. The van der Waals surface area contributed by atoms with E-state index in [1.54, 1.807) is 42.5 Å². The summed E-state index contributed by atoms with van der Waals surface area (Å²) in [6.07, 6.45) is 1.07. The molecule has 188 valence electrons. The fourth-order valence-corrected chi connectivity index (χ4v) is 3.77. The number of imidazole rings is 1. The van der Waals surface area contributed by atoms with E-state index in [1.165, 1.54) is 5.56 Å². The lowest BCUT2D eigenvalue weighted by atomic mass is 10.1. The Hall–Kier alpha value is -4.08. The highest BCUT2D eigenvalue weighted by Gasteiger charge is 2.11. The van der Waals surface area contributed by atoms with E-state index < -0.39 is 12.0 Å². The number of aromatic amines is 2. The summed E-state index contributed by atoms with van der Waals surface area (Å²) in [5.41, 5.74) is 7.83. The number of carbonyl (C=O) groups is 1. The second kappa shape index (κ2) is 11.6. The lowest BCUT2D eigenvalue weighted by molar-refractivity contribution is 0.1000. The number of aromatic nitrogens is 2. The van der Waals surface area contributed by atoms with E-state index in [1.807, 2.05) is 24.3 Å². The summed E-state index contributed by atoms with van der Waals surface area (Å²) in [5, 5.41) is 13.6. The van der Waals surface area contributed by atoms with Gasteiger partial charge in [-0.15, -0.1) is 0 Å². The van der Waals surface area contributed by atoms with Crippen molar-refractivity contribution in [2.24, 2.45) is 5.73 Å². The molecule has 2 unspecified atom stereocenters. The molecule has 0 spiro atoms. The Labute approximate surface area is 208 Å². The molecule has 1 aromatic heterocycles. The van der Waals surface area contributed by atoms with Crippen molar-refractivity contribution >= 4 is 16.9 Å². The first kappa shape index (κ1) is 25.0. The first-order valence-corrected chi connectivity index (χ1v) is 11.8. The molecule has 1 heterocycles. The molecule has 6 N–H and O–H groups in total. The summed E-state index contributed by atoms with van der Waals surface area (Å²) in [7, 11) is 0. The van der Waals surface area contributed by atoms with Crippen molar-refractivity contribution in [2.45, 2.75) is 31.9 Å². The molecule has 4 rings (SSSR count). The maximum Gasteiger partial charge on any atom is 0.323 e. The first-order chi connectivity index (χ1) is 17.4. The van der Waals surface area contributed by atoms with Crippen molar-refractivity contribution in [3.63, 3.8) is 0 Å². The predicted octanol–water partition coefficient (Wildman–Crippen LogP) is 3.10. The minimum Gasteiger partial charge on any atom is -0.489 e. The zero-order chi connectivity index (χ0) is 25.5. The number of nitrogens with two attached hydrogens (primary N) is 1. The van der Waals surface area contributed by atoms with Crippen molar-refractivity contribution in [3.05, 3.63) is 88.3 Å². The van der Waals surface area contributed by atoms with Crippen LogP contribution in [0.2, 0.25) is 0 Å². The van der Waals surface area contributed by atoms with E-state index in [9.17, 15) is 14.7 Å². The van der Waals surface area contributed by atoms with Crippen molar-refractivity contribution in [2.75, 3.05) is 13.2 Å². The summed E-state index contributed by atoms with van der Waals surface area (Å²) in [5.74, 6) is 1.39. The number of carbonyl (C=O) groups excluding carboxylic acids is 1. The summed E-state index contributed by atoms with van der Waals surface area (Å²) < 4.78 is 11.5. The van der Waals surface area contributed by atoms with Crippen LogP contribution in [0, 0.1) is 0 Å². The summed E-state index contributed by atoms with van der Waals surface area (Å²) in [4.78, 5) is 28.0. The molecule has 0 aliphatic carbocycles. The minimum absolute atomic E-state index is 0.110. The summed E-state index contributed by atoms with van der Waals surface area (Å²) >= 11 is 0. The van der Waals surface area contributed by atoms with E-state index in [-0.39, 0.29) is 18.3 Å². The van der Waals surface area contributed by atoms with Crippen LogP contribution in [0.4, 0.5) is 0 Å². The average Bonchev–Trinajstić information content (AvgIpc) is 3.27. The number of ether oxygens (including phenoxy) is 2. The number of H-pyrrole nitrogens is 2. The highest BCUT2D eigenvalue weighted by Crippen LogP contribution is 2.23. The molecule has 9 heteroatoms. The fraction of sp³-hybridized carbons (Fsp3) is 0.259. The molecule has 0 fully saturated rings. The van der Waals surface area contributed by atoms with E-state index in [2.05, 4.69) is 22.2 Å². The van der Waals surface area contributed by atoms with Gasteiger partial charge >= 0.3 is 5.69 Å². The van der Waals surface area contributed by atoms with Gasteiger partial charge in [-0.25, -0.2) is 4.79 Å². The number of aliphatic hydroxyl groups is 1. The lowest BCUT2D eigenvalue weighted by Gasteiger charge is -2.18. The maximum absolute atomic E-state index is 11.5. The lowest BCUT2D eigenvalue weighted by Crippen LogP contribution is -2.36. The number of aryl methyl sites for hydroxylation is 1. The third kappa shape index (κ3) is 6.74. The zero-order valence-electron chi connectivity index (χ0n) is 20.0. The molecule has 9 nitrogen and oxygen atoms in total. The highest BCUT2D eigenvalue weighted by molar-refractivity contribution is 5.92. The third-order valence-electron chi connectivity index (χ3n) is 5.81. The van der Waals surface area contributed by atoms with Gasteiger partial charge in [0.15, 0.2) is 0 Å². The maximum atomic E-state index is 11.5. The van der Waals surface area contributed by atoms with Crippen molar-refractivity contribution < 1.29 is 19.4 Å². The smallest absolute Gasteiger partial charge is 0.323 e. The quantitative estimate of drug-likeness (QED) is 0.207. The monoisotopic (exact) mass is 490 g/mol. The number of rotatable bonds is 12. The third-order valence-corrected chi connectivity index (χ3v) is 5.81. The van der Waals surface area contributed by atoms with Crippen LogP contribution in [-0.4, -0.2) is 46.3 Å². The number of hydrogen-bond donors (Lipinski definition) is 5. The second-order valence-electron chi connectivity index (χ2n) is 8.71. The average molecular weight is 491 g/mol. The number of para-hydroxylation sites is 1. The Bertz CT molecular complexity index is 1350. The number of amides is 1. The summed E-state index contributed by atoms with van der Waals surface area (Å²) in [6.45, 7) is 2.58. The van der Waals surface area contributed by atoms with Gasteiger partial charge in [0.25, 0.3) is 0 Å². The van der Waals surface area contributed by atoms with Gasteiger partial charge in [0, 0.05) is 18.2 Å². The molecule has 0 aliphatic heterocycles. The van der Waals surface area contributed by atoms with Gasteiger partial charge in [-0.3, -0.25) is 4.79 Å². The van der Waals surface area contributed by atoms with Crippen LogP contribution < -0.4 is 26.2 Å². The van der Waals surface area contributed by atoms with Crippen LogP contribution in [0.5, 0.6) is 17.2 Å². The van der Waals surface area contributed by atoms with E-state index in [4.69, 9.17) is 15.2 Å². The minimum atomic E-state index is -0.693. The number of benzene rings is 3. The Balaban J connectivity index is 1.17. The molecule has 1 amide bonds. The molecule has 4 aromatic rings. The molecule has 36 heavy (non-hydrogen) atoms. The number of aliphatic hydroxyl groups excluding tert-OH is 1. The Morgan fingerprint density at radius 1 is 1.03 bits per heavy atom. The van der Waals surface area contributed by atoms with Gasteiger partial charge in [0.2, 0.25) is 5.91 Å². The molecule has 0 radical (unpaired) electrons. The zero-order valence-corrected chi connectivity index (χ0v) is 20.0. The molecule has 0 saturated carbocycles. The highest BCUT2D eigenvalue weighted by atomic mass is 16.5. The first-order valence-electron chi connectivity index (χ1n) is 11.8. The Morgan fingerprint density at radius 2 is 1.72 bits per heavy atom. The Kier molecular flexibility index (Phi) is 8.04. The molecule has 0 bridgehead atoms. The van der Waals surface area contributed by atoms with Gasteiger partial charge in [0.1, 0.15) is 35.5 Å². The summed E-state index contributed by atoms with van der Waals surface area (Å²) in [6, 6.07) is 20.1. The van der Waals surface area contributed by atoms with E-state index in [0.717, 1.165) is 12.8 Å². The van der Waals surface area contributed by atoms with E-state index in [0.29, 0.717) is 40.4 Å². The fourth-order valence-electron chi connectivity index (χ4n) is 3.77. The molecular formula is C27H30N4O5. The normalized spacial score (nSPS) is 12.8. The standard InChI is InChI=1S/C27H30N4O5/c1-17(29-15-20(32)16-35-24-4-2-3-23-25(24)31-27(34)30-23)5-6-18-7-11-21(12-8-18)36-22-13-9-19(10-14-22)26(28)33/h2-4,7-14,17,20,29,32H,5-6,15-16H2,1H3,(H2,28,33)(H2,30,31,34). The Morgan fingerprint density at radius 3 is 2.42 bits per heavy atom. The van der Waals surface area contributed by atoms with Gasteiger partial charge in [0.05, 0.1) is 5.52 Å². The second-order valence-corrected chi connectivity index (χ2v) is 8.71. The molecule has 0 saturated heterocycles. The van der Waals surface area contributed by atoms with Crippen LogP contribution in [0.1, 0.15) is 29.3 Å². The van der Waals surface area contributed by atoms with Crippen molar-refractivity contribution in [3.8, 4) is 17.2 Å². The van der Waals surface area contributed by atoms with E-state index >= 15 is 0 Å². The van der Waals surface area contributed by atoms with Gasteiger partial charge < -0.3 is 35.6 Å². The SMILES string of the molecule is CC(CCc1ccc(Oc2ccc(C(N)=O)cc2)cc1)NCC(O)COc1cccc2[nH]c(=O)[nH]c12. The molecule has 3 aromatic carbocycles. The van der Waals surface area contributed by atoms with Crippen LogP contribution in [-0.2, 0) is 6.42 Å². The van der Waals surface area contributed by atoms with Crippen LogP contribution >= 0.6 is 0 Å². The van der Waals surface area contributed by atoms with Crippen molar-refractivity contribution in [1.29, 1.82) is 0 Å². The van der Waals surface area contributed by atoms with Crippen LogP contribution in [0.3, 0.4) is 0 Å². The number of nitrogens with one attached hydrogen (secondary N) is 3. The van der Waals surface area contributed by atoms with Gasteiger partial charge in [-0.05, 0) is 73.9 Å². The van der Waals surface area contributed by atoms with Gasteiger partial charge in [-0.1, -0.05) is 18.2 Å². The van der Waals surface area contributed by atoms with Crippen molar-refractivity contribution in [1.82, 2.24) is 15.3 Å². The van der Waals surface area contributed by atoms with Crippen LogP contribution in [0.15, 0.2) is 71.5 Å². The molecule has 2 atom stereocenters. The van der Waals surface area contributed by atoms with Crippen LogP contribution in [0.25, 0.3) is 11.0 Å². The molecular weight excluding hydrogens is 460 g/mol. The molecule has 0 aliphatic rings. The number of fused-ring (bicyclic) bond motifs is 1. The van der Waals surface area contributed by atoms with Gasteiger partial charge in [-0.2, -0.15) is 0 Å². The largest absolute Gasteiger partial charge is 0.489 e. The topological polar surface area (TPSA) is 142 Å². The number of primary amides is 1.